The maximum Gasteiger partial charge on any atom is 0.263 e. The molecular weight excluding hydrogens is 398 g/mol. The minimum absolute atomic E-state index is 0. The van der Waals surface area contributed by atoms with E-state index in [0.717, 1.165) is 48.2 Å². The number of rotatable bonds is 3. The van der Waals surface area contributed by atoms with Crippen molar-refractivity contribution in [1.29, 1.82) is 0 Å². The van der Waals surface area contributed by atoms with E-state index in [0.29, 0.717) is 4.88 Å². The molecule has 4 rings (SSSR count). The number of benzene rings is 1. The number of ether oxygens (including phenoxy) is 1. The van der Waals surface area contributed by atoms with E-state index in [2.05, 4.69) is 10.6 Å². The average Bonchev–Trinajstić information content (AvgIpc) is 3.10. The summed E-state index contributed by atoms with van der Waals surface area (Å²) >= 11 is 1.48. The van der Waals surface area contributed by atoms with E-state index in [9.17, 15) is 9.59 Å². The molecular formula is C20H26ClN3O3S. The molecule has 1 saturated heterocycles. The van der Waals surface area contributed by atoms with Crippen LogP contribution in [0, 0.1) is 5.92 Å². The highest BCUT2D eigenvalue weighted by molar-refractivity contribution is 7.20. The van der Waals surface area contributed by atoms with Crippen molar-refractivity contribution in [3.05, 3.63) is 29.1 Å². The van der Waals surface area contributed by atoms with Gasteiger partial charge in [0.15, 0.2) is 0 Å². The van der Waals surface area contributed by atoms with Gasteiger partial charge >= 0.3 is 0 Å². The normalized spacial score (nSPS) is 24.1. The highest BCUT2D eigenvalue weighted by Crippen LogP contribution is 2.31. The molecule has 1 saturated carbocycles. The average molecular weight is 424 g/mol. The van der Waals surface area contributed by atoms with Crippen LogP contribution in [0.2, 0.25) is 0 Å². The summed E-state index contributed by atoms with van der Waals surface area (Å²) in [6.07, 6.45) is 2.85. The molecule has 1 aromatic carbocycles. The van der Waals surface area contributed by atoms with Crippen molar-refractivity contribution >= 4 is 51.3 Å². The number of carbonyl (C=O) groups is 2. The minimum Gasteiger partial charge on any atom is -0.375 e. The molecule has 2 amide bonds. The molecule has 1 aliphatic carbocycles. The predicted octanol–water partition coefficient (Wildman–Crippen LogP) is 3.12. The lowest BCUT2D eigenvalue weighted by Gasteiger charge is -2.39. The van der Waals surface area contributed by atoms with E-state index in [1.807, 2.05) is 24.3 Å². The minimum atomic E-state index is 0. The first-order valence-electron chi connectivity index (χ1n) is 9.42. The van der Waals surface area contributed by atoms with Gasteiger partial charge in [-0.3, -0.25) is 9.59 Å². The topological polar surface area (TPSA) is 70.7 Å². The van der Waals surface area contributed by atoms with Gasteiger partial charge in [0.25, 0.3) is 5.91 Å². The van der Waals surface area contributed by atoms with Gasteiger partial charge in [-0.15, -0.1) is 23.7 Å². The fraction of sp³-hybridized carbons (Fsp3) is 0.500. The van der Waals surface area contributed by atoms with Gasteiger partial charge in [-0.2, -0.15) is 0 Å². The smallest absolute Gasteiger partial charge is 0.263 e. The molecule has 8 heteroatoms. The van der Waals surface area contributed by atoms with Crippen LogP contribution in [-0.4, -0.2) is 56.1 Å². The van der Waals surface area contributed by atoms with E-state index in [4.69, 9.17) is 4.74 Å². The molecule has 2 heterocycles. The molecule has 3 atom stereocenters. The first-order chi connectivity index (χ1) is 13.0. The zero-order chi connectivity index (χ0) is 19.0. The molecule has 2 fully saturated rings. The Hall–Kier alpha value is -1.67. The summed E-state index contributed by atoms with van der Waals surface area (Å²) in [7, 11) is 3.50. The molecule has 0 spiro atoms. The van der Waals surface area contributed by atoms with Crippen LogP contribution in [0.3, 0.4) is 0 Å². The van der Waals surface area contributed by atoms with Crippen molar-refractivity contribution in [3.63, 3.8) is 0 Å². The predicted molar refractivity (Wildman–Crippen MR) is 115 cm³/mol. The number of halogens is 1. The quantitative estimate of drug-likeness (QED) is 0.795. The number of anilines is 1. The van der Waals surface area contributed by atoms with E-state index >= 15 is 0 Å². The van der Waals surface area contributed by atoms with Crippen LogP contribution >= 0.6 is 23.7 Å². The molecule has 28 heavy (non-hydrogen) atoms. The Bertz CT molecular complexity index is 869. The lowest BCUT2D eigenvalue weighted by atomic mass is 9.82. The van der Waals surface area contributed by atoms with Crippen LogP contribution in [0.25, 0.3) is 10.1 Å². The van der Waals surface area contributed by atoms with Gasteiger partial charge in [0.05, 0.1) is 17.6 Å². The van der Waals surface area contributed by atoms with Crippen molar-refractivity contribution < 1.29 is 14.3 Å². The van der Waals surface area contributed by atoms with Gasteiger partial charge in [-0.1, -0.05) is 0 Å². The Balaban J connectivity index is 0.00000225. The van der Waals surface area contributed by atoms with E-state index in [1.54, 1.807) is 19.0 Å². The summed E-state index contributed by atoms with van der Waals surface area (Å²) < 4.78 is 6.83. The van der Waals surface area contributed by atoms with Crippen LogP contribution in [0.4, 0.5) is 5.69 Å². The van der Waals surface area contributed by atoms with Crippen LogP contribution in [-0.2, 0) is 9.53 Å². The summed E-state index contributed by atoms with van der Waals surface area (Å²) in [4.78, 5) is 27.2. The fourth-order valence-corrected chi connectivity index (χ4v) is 5.01. The lowest BCUT2D eigenvalue weighted by Crippen LogP contribution is -2.52. The number of nitrogens with one attached hydrogen (secondary N) is 2. The summed E-state index contributed by atoms with van der Waals surface area (Å²) in [6.45, 7) is 1.62. The Kier molecular flexibility index (Phi) is 6.60. The monoisotopic (exact) mass is 423 g/mol. The number of carbonyl (C=O) groups excluding carboxylic acids is 2. The van der Waals surface area contributed by atoms with Gasteiger partial charge in [0, 0.05) is 43.0 Å². The van der Waals surface area contributed by atoms with Crippen LogP contribution in [0.1, 0.15) is 28.9 Å². The number of fused-ring (bicyclic) bond motifs is 2. The third kappa shape index (κ3) is 4.33. The highest BCUT2D eigenvalue weighted by atomic mass is 35.5. The zero-order valence-electron chi connectivity index (χ0n) is 16.1. The van der Waals surface area contributed by atoms with Gasteiger partial charge in [-0.25, -0.2) is 0 Å². The molecule has 1 aromatic heterocycles. The summed E-state index contributed by atoms with van der Waals surface area (Å²) in [5.41, 5.74) is 0.782. The molecule has 0 bridgehead atoms. The van der Waals surface area contributed by atoms with Crippen molar-refractivity contribution in [3.8, 4) is 0 Å². The molecule has 0 radical (unpaired) electrons. The molecule has 2 N–H and O–H groups in total. The number of thiophene rings is 1. The lowest BCUT2D eigenvalue weighted by molar-refractivity contribution is -0.123. The molecule has 152 valence electrons. The van der Waals surface area contributed by atoms with Crippen molar-refractivity contribution in [1.82, 2.24) is 10.2 Å². The Morgan fingerprint density at radius 2 is 2.07 bits per heavy atom. The molecule has 2 aliphatic rings. The highest BCUT2D eigenvalue weighted by Gasteiger charge is 2.35. The Labute approximate surface area is 175 Å². The molecule has 0 unspecified atom stereocenters. The maximum absolute atomic E-state index is 12.7. The second-order valence-electron chi connectivity index (χ2n) is 7.53. The largest absolute Gasteiger partial charge is 0.375 e. The van der Waals surface area contributed by atoms with Gasteiger partial charge in [0.1, 0.15) is 0 Å². The van der Waals surface area contributed by atoms with Crippen molar-refractivity contribution in [2.24, 2.45) is 5.92 Å². The van der Waals surface area contributed by atoms with Gasteiger partial charge < -0.3 is 20.3 Å². The number of amides is 2. The van der Waals surface area contributed by atoms with Crippen LogP contribution in [0.15, 0.2) is 24.3 Å². The first-order valence-corrected chi connectivity index (χ1v) is 10.2. The van der Waals surface area contributed by atoms with Gasteiger partial charge in [-0.05, 0) is 48.9 Å². The third-order valence-electron chi connectivity index (χ3n) is 5.40. The van der Waals surface area contributed by atoms with Crippen LogP contribution < -0.4 is 10.6 Å². The SMILES string of the molecule is CN(C)C(=O)c1cc2cc(NC(=O)[C@H]3CC[C@H]4OCCN[C@@H]4C3)ccc2s1.Cl. The second-order valence-corrected chi connectivity index (χ2v) is 8.62. The molecule has 6 nitrogen and oxygen atoms in total. The second kappa shape index (κ2) is 8.78. The Morgan fingerprint density at radius 3 is 2.86 bits per heavy atom. The summed E-state index contributed by atoms with van der Waals surface area (Å²) in [6, 6.07) is 8.00. The van der Waals surface area contributed by atoms with Crippen molar-refractivity contribution in [2.45, 2.75) is 31.4 Å². The zero-order valence-corrected chi connectivity index (χ0v) is 17.7. The fourth-order valence-electron chi connectivity index (χ4n) is 3.94. The summed E-state index contributed by atoms with van der Waals surface area (Å²) in [5, 5.41) is 7.52. The number of hydrogen-bond donors (Lipinski definition) is 2. The van der Waals surface area contributed by atoms with Gasteiger partial charge in [0.2, 0.25) is 5.91 Å². The van der Waals surface area contributed by atoms with Crippen molar-refractivity contribution in [2.75, 3.05) is 32.6 Å². The standard InChI is InChI=1S/C20H25N3O3S.ClH/c1-23(2)20(25)18-11-13-9-14(4-6-17(13)27-18)22-19(24)12-3-5-16-15(10-12)21-7-8-26-16;/h4,6,9,11-12,15-16,21H,3,5,7-8,10H2,1-2H3,(H,22,24);1H/t12-,15+,16+;/m0./s1. The maximum atomic E-state index is 12.7. The summed E-state index contributed by atoms with van der Waals surface area (Å²) in [5.74, 6) is 0.0743. The van der Waals surface area contributed by atoms with Crippen LogP contribution in [0.5, 0.6) is 0 Å². The molecule has 1 aliphatic heterocycles. The van der Waals surface area contributed by atoms with E-state index < -0.39 is 0 Å². The molecule has 2 aromatic rings. The van der Waals surface area contributed by atoms with E-state index in [1.165, 1.54) is 11.3 Å². The Morgan fingerprint density at radius 1 is 1.25 bits per heavy atom. The first kappa shape index (κ1) is 21.0. The van der Waals surface area contributed by atoms with E-state index in [-0.39, 0.29) is 42.3 Å². The third-order valence-corrected chi connectivity index (χ3v) is 6.50. The number of hydrogen-bond acceptors (Lipinski definition) is 5. The number of nitrogens with zero attached hydrogens (tertiary/aromatic N) is 1. The number of morpholine rings is 1.